The molecule has 0 bridgehead atoms. The Morgan fingerprint density at radius 3 is 2.91 bits per heavy atom. The van der Waals surface area contributed by atoms with Gasteiger partial charge in [-0.3, -0.25) is 0 Å². The van der Waals surface area contributed by atoms with Crippen molar-refractivity contribution in [3.63, 3.8) is 0 Å². The molecule has 0 aliphatic carbocycles. The Morgan fingerprint density at radius 2 is 2.36 bits per heavy atom. The molecule has 60 valence electrons. The van der Waals surface area contributed by atoms with Crippen molar-refractivity contribution < 1.29 is 4.39 Å². The van der Waals surface area contributed by atoms with Gasteiger partial charge in [0.25, 0.3) is 0 Å². The Labute approximate surface area is 67.4 Å². The van der Waals surface area contributed by atoms with E-state index >= 15 is 0 Å². The molecule has 0 amide bonds. The summed E-state index contributed by atoms with van der Waals surface area (Å²) in [6, 6.07) is 1.12. The highest BCUT2D eigenvalue weighted by atomic mass is 32.2. The molecular weight excluding hydrogens is 167 g/mol. The molecule has 1 rings (SSSR count). The third-order valence-electron chi connectivity index (χ3n) is 1.00. The SMILES string of the molecule is CSc1nc(F)cc(NN)n1. The number of hydrazine groups is 1. The molecule has 0 fully saturated rings. The summed E-state index contributed by atoms with van der Waals surface area (Å²) in [5.41, 5.74) is 2.24. The number of rotatable bonds is 2. The number of nitrogens with zero attached hydrogens (tertiary/aromatic N) is 2. The van der Waals surface area contributed by atoms with Crippen molar-refractivity contribution in [3.05, 3.63) is 12.0 Å². The molecule has 0 aliphatic heterocycles. The first kappa shape index (κ1) is 8.22. The van der Waals surface area contributed by atoms with Crippen LogP contribution in [0.4, 0.5) is 10.2 Å². The van der Waals surface area contributed by atoms with E-state index in [0.717, 1.165) is 6.07 Å². The molecule has 0 saturated heterocycles. The van der Waals surface area contributed by atoms with Crippen molar-refractivity contribution in [1.29, 1.82) is 0 Å². The van der Waals surface area contributed by atoms with Crippen molar-refractivity contribution in [3.8, 4) is 0 Å². The van der Waals surface area contributed by atoms with Crippen LogP contribution in [0.2, 0.25) is 0 Å². The predicted octanol–water partition coefficient (Wildman–Crippen LogP) is 0.623. The van der Waals surface area contributed by atoms with E-state index < -0.39 is 5.95 Å². The van der Waals surface area contributed by atoms with Gasteiger partial charge >= 0.3 is 0 Å². The maximum absolute atomic E-state index is 12.5. The van der Waals surface area contributed by atoms with E-state index in [-0.39, 0.29) is 5.82 Å². The van der Waals surface area contributed by atoms with Crippen molar-refractivity contribution in [1.82, 2.24) is 9.97 Å². The van der Waals surface area contributed by atoms with Crippen molar-refractivity contribution in [2.24, 2.45) is 5.84 Å². The second-order valence-electron chi connectivity index (χ2n) is 1.71. The van der Waals surface area contributed by atoms with Crippen LogP contribution in [-0.4, -0.2) is 16.2 Å². The van der Waals surface area contributed by atoms with Crippen LogP contribution in [0.1, 0.15) is 0 Å². The number of anilines is 1. The number of nitrogen functional groups attached to an aromatic ring is 1. The van der Waals surface area contributed by atoms with E-state index in [9.17, 15) is 4.39 Å². The minimum atomic E-state index is -0.586. The fourth-order valence-electron chi connectivity index (χ4n) is 0.562. The Balaban J connectivity index is 3.02. The molecule has 3 N–H and O–H groups in total. The number of hydrogen-bond acceptors (Lipinski definition) is 5. The van der Waals surface area contributed by atoms with Crippen LogP contribution in [0, 0.1) is 5.95 Å². The van der Waals surface area contributed by atoms with Crippen LogP contribution in [0.5, 0.6) is 0 Å². The van der Waals surface area contributed by atoms with Crippen molar-refractivity contribution in [2.45, 2.75) is 5.16 Å². The fraction of sp³-hybridized carbons (Fsp3) is 0.200. The van der Waals surface area contributed by atoms with Gasteiger partial charge in [0.15, 0.2) is 5.16 Å². The van der Waals surface area contributed by atoms with Gasteiger partial charge < -0.3 is 5.43 Å². The van der Waals surface area contributed by atoms with Crippen molar-refractivity contribution in [2.75, 3.05) is 11.7 Å². The summed E-state index contributed by atoms with van der Waals surface area (Å²) in [5, 5.41) is 0.359. The highest BCUT2D eigenvalue weighted by Crippen LogP contribution is 2.11. The predicted molar refractivity (Wildman–Crippen MR) is 41.6 cm³/mol. The van der Waals surface area contributed by atoms with Crippen LogP contribution in [-0.2, 0) is 0 Å². The molecule has 0 atom stereocenters. The van der Waals surface area contributed by atoms with Crippen LogP contribution in [0.25, 0.3) is 0 Å². The maximum Gasteiger partial charge on any atom is 0.219 e. The lowest BCUT2D eigenvalue weighted by molar-refractivity contribution is 0.564. The quantitative estimate of drug-likeness (QED) is 0.226. The highest BCUT2D eigenvalue weighted by Gasteiger charge is 2.00. The zero-order chi connectivity index (χ0) is 8.27. The monoisotopic (exact) mass is 174 g/mol. The highest BCUT2D eigenvalue weighted by molar-refractivity contribution is 7.98. The third-order valence-corrected chi connectivity index (χ3v) is 1.55. The van der Waals surface area contributed by atoms with Gasteiger partial charge in [0.1, 0.15) is 5.82 Å². The van der Waals surface area contributed by atoms with Crippen LogP contribution < -0.4 is 11.3 Å². The summed E-state index contributed by atoms with van der Waals surface area (Å²) in [7, 11) is 0. The molecule has 1 heterocycles. The topological polar surface area (TPSA) is 63.8 Å². The number of nitrogens with one attached hydrogen (secondary N) is 1. The minimum absolute atomic E-state index is 0.279. The van der Waals surface area contributed by atoms with Crippen LogP contribution in [0.15, 0.2) is 11.2 Å². The molecule has 1 aromatic rings. The first-order chi connectivity index (χ1) is 5.26. The average molecular weight is 174 g/mol. The van der Waals surface area contributed by atoms with Crippen molar-refractivity contribution >= 4 is 17.6 Å². The van der Waals surface area contributed by atoms with Gasteiger partial charge in [0.05, 0.1) is 0 Å². The maximum atomic E-state index is 12.5. The van der Waals surface area contributed by atoms with E-state index in [2.05, 4.69) is 15.4 Å². The standard InChI is InChI=1S/C5H7FN4S/c1-11-5-8-3(6)2-4(9-5)10-7/h2H,7H2,1H3,(H,8,9,10). The van der Waals surface area contributed by atoms with Gasteiger partial charge in [-0.05, 0) is 6.26 Å². The Bertz CT molecular complexity index is 232. The minimum Gasteiger partial charge on any atom is -0.308 e. The number of thioether (sulfide) groups is 1. The first-order valence-electron chi connectivity index (χ1n) is 2.81. The zero-order valence-corrected chi connectivity index (χ0v) is 6.65. The molecular formula is C5H7FN4S. The third kappa shape index (κ3) is 2.02. The molecule has 0 spiro atoms. The summed E-state index contributed by atoms with van der Waals surface area (Å²) >= 11 is 1.25. The second kappa shape index (κ2) is 3.49. The molecule has 0 unspecified atom stereocenters. The van der Waals surface area contributed by atoms with Crippen LogP contribution >= 0.6 is 11.8 Å². The number of aromatic nitrogens is 2. The smallest absolute Gasteiger partial charge is 0.219 e. The van der Waals surface area contributed by atoms with E-state index in [1.165, 1.54) is 11.8 Å². The average Bonchev–Trinajstić information content (AvgIpc) is 2.03. The molecule has 0 aromatic carbocycles. The first-order valence-corrected chi connectivity index (χ1v) is 4.04. The van der Waals surface area contributed by atoms with Gasteiger partial charge in [-0.15, -0.1) is 0 Å². The van der Waals surface area contributed by atoms with E-state index in [0.29, 0.717) is 5.16 Å². The number of halogens is 1. The van der Waals surface area contributed by atoms with E-state index in [4.69, 9.17) is 5.84 Å². The fourth-order valence-corrected chi connectivity index (χ4v) is 0.930. The summed E-state index contributed by atoms with van der Waals surface area (Å²) in [4.78, 5) is 7.34. The van der Waals surface area contributed by atoms with Gasteiger partial charge in [-0.1, -0.05) is 11.8 Å². The molecule has 1 aromatic heterocycles. The normalized spacial score (nSPS) is 9.73. The summed E-state index contributed by atoms with van der Waals surface area (Å²) < 4.78 is 12.5. The summed E-state index contributed by atoms with van der Waals surface area (Å²) in [6.45, 7) is 0. The number of nitrogens with two attached hydrogens (primary N) is 1. The summed E-state index contributed by atoms with van der Waals surface area (Å²) in [5.74, 6) is 4.72. The largest absolute Gasteiger partial charge is 0.308 e. The lowest BCUT2D eigenvalue weighted by Gasteiger charge is -1.99. The Hall–Kier alpha value is -0.880. The van der Waals surface area contributed by atoms with Crippen LogP contribution in [0.3, 0.4) is 0 Å². The molecule has 0 aliphatic rings. The lowest BCUT2D eigenvalue weighted by Crippen LogP contribution is -2.09. The molecule has 6 heteroatoms. The Morgan fingerprint density at radius 1 is 1.64 bits per heavy atom. The molecule has 4 nitrogen and oxygen atoms in total. The molecule has 11 heavy (non-hydrogen) atoms. The second-order valence-corrected chi connectivity index (χ2v) is 2.48. The van der Waals surface area contributed by atoms with Gasteiger partial charge in [0.2, 0.25) is 5.95 Å². The lowest BCUT2D eigenvalue weighted by atomic mass is 10.6. The molecule has 0 saturated carbocycles. The van der Waals surface area contributed by atoms with Gasteiger partial charge in [0, 0.05) is 6.07 Å². The number of hydrogen-bond donors (Lipinski definition) is 2. The Kier molecular flexibility index (Phi) is 2.61. The van der Waals surface area contributed by atoms with Gasteiger partial charge in [-0.2, -0.15) is 9.37 Å². The van der Waals surface area contributed by atoms with E-state index in [1.54, 1.807) is 6.26 Å². The van der Waals surface area contributed by atoms with E-state index in [1.807, 2.05) is 0 Å². The van der Waals surface area contributed by atoms with Gasteiger partial charge in [-0.25, -0.2) is 10.8 Å². The zero-order valence-electron chi connectivity index (χ0n) is 5.84. The summed E-state index contributed by atoms with van der Waals surface area (Å²) in [6.07, 6.45) is 1.76. The molecule has 0 radical (unpaired) electrons.